The third kappa shape index (κ3) is 2.91. The van der Waals surface area contributed by atoms with Gasteiger partial charge < -0.3 is 15.5 Å². The number of nitrogens with zero attached hydrogens (tertiary/aromatic N) is 3. The van der Waals surface area contributed by atoms with Crippen LogP contribution in [0.1, 0.15) is 38.5 Å². The molecule has 0 aromatic carbocycles. The molecule has 0 bridgehead atoms. The summed E-state index contributed by atoms with van der Waals surface area (Å²) in [5.74, 6) is 1.12. The van der Waals surface area contributed by atoms with E-state index in [-0.39, 0.29) is 12.1 Å². The minimum Gasteiger partial charge on any atom is -0.490 e. The summed E-state index contributed by atoms with van der Waals surface area (Å²) in [5.41, 5.74) is 8.25. The highest BCUT2D eigenvalue weighted by molar-refractivity contribution is 5.97. The second-order valence-corrected chi connectivity index (χ2v) is 6.27. The molecule has 1 aliphatic rings. The van der Waals surface area contributed by atoms with E-state index in [2.05, 4.69) is 19.9 Å². The van der Waals surface area contributed by atoms with Crippen LogP contribution in [-0.2, 0) is 0 Å². The molecule has 3 aromatic heterocycles. The molecule has 3 N–H and O–H groups in total. The Morgan fingerprint density at radius 2 is 1.83 bits per heavy atom. The van der Waals surface area contributed by atoms with E-state index in [1.165, 1.54) is 25.7 Å². The van der Waals surface area contributed by atoms with Gasteiger partial charge in [-0.3, -0.25) is 0 Å². The van der Waals surface area contributed by atoms with Crippen LogP contribution < -0.4 is 10.5 Å². The number of rotatable bonds is 3. The zero-order chi connectivity index (χ0) is 16.4. The van der Waals surface area contributed by atoms with Crippen molar-refractivity contribution in [2.24, 2.45) is 0 Å². The summed E-state index contributed by atoms with van der Waals surface area (Å²) in [6.45, 7) is 0. The Morgan fingerprint density at radius 3 is 2.62 bits per heavy atom. The van der Waals surface area contributed by atoms with Gasteiger partial charge >= 0.3 is 0 Å². The normalized spacial score (nSPS) is 16.2. The van der Waals surface area contributed by atoms with Crippen molar-refractivity contribution >= 4 is 17.0 Å². The fourth-order valence-corrected chi connectivity index (χ4v) is 3.39. The SMILES string of the molecule is Nc1nccc(-c2c[nH]c3nccc(OC4CCCCCC4)c23)n1. The Morgan fingerprint density at radius 1 is 1.04 bits per heavy atom. The van der Waals surface area contributed by atoms with E-state index in [1.54, 1.807) is 12.4 Å². The number of nitrogens with one attached hydrogen (secondary N) is 1. The molecule has 4 rings (SSSR count). The number of aromatic amines is 1. The molecule has 1 aliphatic carbocycles. The number of ether oxygens (including phenoxy) is 1. The molecule has 3 heterocycles. The Kier molecular flexibility index (Phi) is 4.02. The van der Waals surface area contributed by atoms with E-state index in [0.717, 1.165) is 40.9 Å². The molecular weight excluding hydrogens is 302 g/mol. The van der Waals surface area contributed by atoms with Crippen LogP contribution in [0.4, 0.5) is 5.95 Å². The standard InChI is InChI=1S/C18H21N5O/c19-18-21-9-7-14(23-18)13-11-22-17-16(13)15(8-10-20-17)24-12-5-3-1-2-4-6-12/h7-12H,1-6H2,(H,20,22)(H2,19,21,23). The highest BCUT2D eigenvalue weighted by atomic mass is 16.5. The molecule has 0 radical (unpaired) electrons. The molecule has 1 saturated carbocycles. The zero-order valence-electron chi connectivity index (χ0n) is 13.5. The molecule has 124 valence electrons. The average molecular weight is 323 g/mol. The summed E-state index contributed by atoms with van der Waals surface area (Å²) in [4.78, 5) is 15.9. The molecule has 0 aliphatic heterocycles. The highest BCUT2D eigenvalue weighted by Gasteiger charge is 2.18. The van der Waals surface area contributed by atoms with Crippen molar-refractivity contribution in [3.63, 3.8) is 0 Å². The van der Waals surface area contributed by atoms with Gasteiger partial charge in [-0.05, 0) is 37.8 Å². The van der Waals surface area contributed by atoms with E-state index in [0.29, 0.717) is 0 Å². The number of anilines is 1. The maximum absolute atomic E-state index is 6.36. The van der Waals surface area contributed by atoms with Crippen molar-refractivity contribution in [3.05, 3.63) is 30.7 Å². The minimum absolute atomic E-state index is 0.261. The van der Waals surface area contributed by atoms with Crippen LogP contribution >= 0.6 is 0 Å². The Labute approximate surface area is 140 Å². The lowest BCUT2D eigenvalue weighted by Crippen LogP contribution is -2.15. The van der Waals surface area contributed by atoms with Gasteiger partial charge in [0.15, 0.2) is 0 Å². The van der Waals surface area contributed by atoms with E-state index in [4.69, 9.17) is 10.5 Å². The van der Waals surface area contributed by atoms with Crippen LogP contribution in [0.15, 0.2) is 30.7 Å². The fraction of sp³-hybridized carbons (Fsp3) is 0.389. The zero-order valence-corrected chi connectivity index (χ0v) is 13.5. The molecule has 0 saturated heterocycles. The molecule has 3 aromatic rings. The number of aromatic nitrogens is 4. The Balaban J connectivity index is 1.74. The summed E-state index contributed by atoms with van der Waals surface area (Å²) >= 11 is 0. The first kappa shape index (κ1) is 14.9. The van der Waals surface area contributed by atoms with Crippen molar-refractivity contribution < 1.29 is 4.74 Å². The van der Waals surface area contributed by atoms with Gasteiger partial charge in [-0.1, -0.05) is 12.8 Å². The van der Waals surface area contributed by atoms with Crippen LogP contribution in [0.2, 0.25) is 0 Å². The van der Waals surface area contributed by atoms with Crippen molar-refractivity contribution in [2.45, 2.75) is 44.6 Å². The quantitative estimate of drug-likeness (QED) is 0.717. The van der Waals surface area contributed by atoms with E-state index < -0.39 is 0 Å². The van der Waals surface area contributed by atoms with E-state index in [9.17, 15) is 0 Å². The van der Waals surface area contributed by atoms with Crippen LogP contribution in [0.3, 0.4) is 0 Å². The first-order valence-corrected chi connectivity index (χ1v) is 8.53. The summed E-state index contributed by atoms with van der Waals surface area (Å²) in [5, 5.41) is 0.958. The van der Waals surface area contributed by atoms with Gasteiger partial charge in [-0.2, -0.15) is 0 Å². The van der Waals surface area contributed by atoms with E-state index in [1.807, 2.05) is 18.3 Å². The van der Waals surface area contributed by atoms with Gasteiger partial charge in [-0.25, -0.2) is 15.0 Å². The molecule has 24 heavy (non-hydrogen) atoms. The summed E-state index contributed by atoms with van der Waals surface area (Å²) < 4.78 is 6.36. The van der Waals surface area contributed by atoms with Gasteiger partial charge in [0.25, 0.3) is 0 Å². The third-order valence-electron chi connectivity index (χ3n) is 4.58. The summed E-state index contributed by atoms with van der Waals surface area (Å²) in [6.07, 6.45) is 12.9. The number of nitrogens with two attached hydrogens (primary N) is 1. The smallest absolute Gasteiger partial charge is 0.220 e. The lowest BCUT2D eigenvalue weighted by atomic mass is 10.1. The van der Waals surface area contributed by atoms with Gasteiger partial charge in [-0.15, -0.1) is 0 Å². The number of nitrogen functional groups attached to an aromatic ring is 1. The first-order valence-electron chi connectivity index (χ1n) is 8.53. The van der Waals surface area contributed by atoms with E-state index >= 15 is 0 Å². The monoisotopic (exact) mass is 323 g/mol. The van der Waals surface area contributed by atoms with Gasteiger partial charge in [0.2, 0.25) is 5.95 Å². The summed E-state index contributed by atoms with van der Waals surface area (Å²) in [7, 11) is 0. The van der Waals surface area contributed by atoms with Crippen LogP contribution in [0.5, 0.6) is 5.75 Å². The fourth-order valence-electron chi connectivity index (χ4n) is 3.39. The highest BCUT2D eigenvalue weighted by Crippen LogP contribution is 2.35. The third-order valence-corrected chi connectivity index (χ3v) is 4.58. The second kappa shape index (κ2) is 6.47. The topological polar surface area (TPSA) is 89.7 Å². The number of pyridine rings is 1. The Bertz CT molecular complexity index is 836. The minimum atomic E-state index is 0.261. The van der Waals surface area contributed by atoms with Gasteiger partial charge in [0.05, 0.1) is 17.2 Å². The van der Waals surface area contributed by atoms with Crippen molar-refractivity contribution in [1.82, 2.24) is 19.9 Å². The molecule has 1 fully saturated rings. The number of hydrogen-bond acceptors (Lipinski definition) is 5. The first-order chi connectivity index (χ1) is 11.8. The Hall–Kier alpha value is -2.63. The summed E-state index contributed by atoms with van der Waals surface area (Å²) in [6, 6.07) is 3.79. The maximum atomic E-state index is 6.36. The van der Waals surface area contributed by atoms with Crippen LogP contribution in [0, 0.1) is 0 Å². The van der Waals surface area contributed by atoms with Crippen molar-refractivity contribution in [2.75, 3.05) is 5.73 Å². The second-order valence-electron chi connectivity index (χ2n) is 6.27. The molecule has 0 atom stereocenters. The molecule has 0 amide bonds. The molecular formula is C18H21N5O. The molecule has 0 unspecified atom stereocenters. The lowest BCUT2D eigenvalue weighted by Gasteiger charge is -2.18. The number of hydrogen-bond donors (Lipinski definition) is 2. The van der Waals surface area contributed by atoms with Gasteiger partial charge in [0, 0.05) is 24.2 Å². The predicted octanol–water partition coefficient (Wildman–Crippen LogP) is 3.70. The average Bonchev–Trinajstić information content (AvgIpc) is 2.86. The predicted molar refractivity (Wildman–Crippen MR) is 93.7 cm³/mol. The number of H-pyrrole nitrogens is 1. The largest absolute Gasteiger partial charge is 0.490 e. The van der Waals surface area contributed by atoms with Crippen LogP contribution in [0.25, 0.3) is 22.3 Å². The number of fused-ring (bicyclic) bond motifs is 1. The maximum Gasteiger partial charge on any atom is 0.220 e. The molecule has 6 heteroatoms. The molecule has 6 nitrogen and oxygen atoms in total. The lowest BCUT2D eigenvalue weighted by molar-refractivity contribution is 0.186. The van der Waals surface area contributed by atoms with Crippen molar-refractivity contribution in [3.8, 4) is 17.0 Å². The molecule has 0 spiro atoms. The van der Waals surface area contributed by atoms with Crippen molar-refractivity contribution in [1.29, 1.82) is 0 Å². The van der Waals surface area contributed by atoms with Gasteiger partial charge in [0.1, 0.15) is 11.4 Å². The van der Waals surface area contributed by atoms with Crippen LogP contribution in [-0.4, -0.2) is 26.0 Å².